The number of benzene rings is 1. The summed E-state index contributed by atoms with van der Waals surface area (Å²) in [4.78, 5) is 9.97. The van der Waals surface area contributed by atoms with E-state index in [2.05, 4.69) is 20.9 Å². The third kappa shape index (κ3) is 3.81. The highest BCUT2D eigenvalue weighted by Gasteiger charge is 2.11. The van der Waals surface area contributed by atoms with Crippen LogP contribution in [0.3, 0.4) is 0 Å². The Hall–Kier alpha value is -1.96. The molecule has 0 radical (unpaired) electrons. The van der Waals surface area contributed by atoms with Crippen molar-refractivity contribution in [2.24, 2.45) is 0 Å². The number of rotatable bonds is 5. The second kappa shape index (κ2) is 6.70. The minimum absolute atomic E-state index is 0.101. The number of hydrogen-bond acceptors (Lipinski definition) is 3. The molecule has 18 heavy (non-hydrogen) atoms. The molecular weight excluding hydrogens is 264 g/mol. The average molecular weight is 275 g/mol. The Bertz CT molecular complexity index is 434. The number of thiocarbonyl (C=S) groups is 1. The number of hydrogen-bond donors (Lipinski definition) is 3. The molecule has 0 spiro atoms. The molecule has 1 aromatic carbocycles. The Labute approximate surface area is 107 Å². The predicted octanol–water partition coefficient (Wildman–Crippen LogP) is 0.598. The van der Waals surface area contributed by atoms with Crippen LogP contribution >= 0.6 is 12.2 Å². The van der Waals surface area contributed by atoms with Crippen LogP contribution in [0, 0.1) is 11.6 Å². The molecule has 98 valence electrons. The van der Waals surface area contributed by atoms with Crippen molar-refractivity contribution in [1.82, 2.24) is 16.2 Å². The van der Waals surface area contributed by atoms with Gasteiger partial charge in [-0.25, -0.2) is 8.78 Å². The van der Waals surface area contributed by atoms with Crippen LogP contribution in [0.15, 0.2) is 12.1 Å². The SMILES string of the molecule is COc1c(F)cc(CNC(=S)NNC=O)cc1F. The van der Waals surface area contributed by atoms with E-state index >= 15 is 0 Å². The van der Waals surface area contributed by atoms with Crippen LogP contribution in [-0.2, 0) is 11.3 Å². The molecule has 0 heterocycles. The summed E-state index contributed by atoms with van der Waals surface area (Å²) in [5.41, 5.74) is 4.82. The van der Waals surface area contributed by atoms with E-state index in [1.165, 1.54) is 7.11 Å². The van der Waals surface area contributed by atoms with E-state index in [0.29, 0.717) is 12.0 Å². The third-order valence-corrected chi connectivity index (χ3v) is 2.21. The van der Waals surface area contributed by atoms with Crippen molar-refractivity contribution in [3.63, 3.8) is 0 Å². The normalized spacial score (nSPS) is 9.50. The number of ether oxygens (including phenoxy) is 1. The summed E-state index contributed by atoms with van der Waals surface area (Å²) in [7, 11) is 1.18. The van der Waals surface area contributed by atoms with Gasteiger partial charge in [0.15, 0.2) is 22.5 Å². The van der Waals surface area contributed by atoms with Gasteiger partial charge in [0.05, 0.1) is 7.11 Å². The van der Waals surface area contributed by atoms with Gasteiger partial charge in [-0.1, -0.05) is 0 Å². The monoisotopic (exact) mass is 275 g/mol. The minimum atomic E-state index is -0.792. The standard InChI is InChI=1S/C10H11F2N3O2S/c1-17-9-7(11)2-6(3-8(9)12)4-13-10(18)15-14-5-16/h2-3,5H,4H2,1H3,(H,14,16)(H2,13,15,18). The lowest BCUT2D eigenvalue weighted by Crippen LogP contribution is -2.42. The third-order valence-electron chi connectivity index (χ3n) is 1.96. The molecular formula is C10H11F2N3O2S. The summed E-state index contributed by atoms with van der Waals surface area (Å²) < 4.78 is 31.2. The molecule has 0 unspecified atom stereocenters. The lowest BCUT2D eigenvalue weighted by molar-refractivity contribution is -0.110. The molecule has 1 amide bonds. The van der Waals surface area contributed by atoms with E-state index in [9.17, 15) is 13.6 Å². The summed E-state index contributed by atoms with van der Waals surface area (Å²) in [6, 6.07) is 2.26. The van der Waals surface area contributed by atoms with Crippen LogP contribution in [-0.4, -0.2) is 18.6 Å². The number of nitrogens with one attached hydrogen (secondary N) is 3. The Kier molecular flexibility index (Phi) is 5.25. The number of carbonyl (C=O) groups excluding carboxylic acids is 1. The zero-order valence-corrected chi connectivity index (χ0v) is 10.2. The molecule has 0 saturated heterocycles. The van der Waals surface area contributed by atoms with Gasteiger partial charge in [0.1, 0.15) is 0 Å². The van der Waals surface area contributed by atoms with Gasteiger partial charge in [-0.3, -0.25) is 15.6 Å². The molecule has 0 saturated carbocycles. The van der Waals surface area contributed by atoms with Crippen LogP contribution in [0.25, 0.3) is 0 Å². The molecule has 0 aliphatic heterocycles. The molecule has 3 N–H and O–H groups in total. The maximum atomic E-state index is 13.3. The quantitative estimate of drug-likeness (QED) is 0.417. The van der Waals surface area contributed by atoms with E-state index < -0.39 is 17.4 Å². The van der Waals surface area contributed by atoms with Gasteiger partial charge in [-0.05, 0) is 29.9 Å². The van der Waals surface area contributed by atoms with Gasteiger partial charge in [-0.15, -0.1) is 0 Å². The van der Waals surface area contributed by atoms with E-state index in [0.717, 1.165) is 12.1 Å². The first-order valence-electron chi connectivity index (χ1n) is 4.83. The first kappa shape index (κ1) is 14.1. The first-order chi connectivity index (χ1) is 8.58. The summed E-state index contributed by atoms with van der Waals surface area (Å²) >= 11 is 4.78. The van der Waals surface area contributed by atoms with Gasteiger partial charge in [-0.2, -0.15) is 0 Å². The second-order valence-electron chi connectivity index (χ2n) is 3.16. The van der Waals surface area contributed by atoms with Crippen LogP contribution in [0.1, 0.15) is 5.56 Å². The Balaban J connectivity index is 2.63. The van der Waals surface area contributed by atoms with Crippen molar-refractivity contribution < 1.29 is 18.3 Å². The minimum Gasteiger partial charge on any atom is -0.491 e. The highest BCUT2D eigenvalue weighted by Crippen LogP contribution is 2.22. The smallest absolute Gasteiger partial charge is 0.225 e. The fourth-order valence-electron chi connectivity index (χ4n) is 1.23. The van der Waals surface area contributed by atoms with E-state index in [-0.39, 0.29) is 11.7 Å². The number of halogens is 2. The summed E-state index contributed by atoms with van der Waals surface area (Å²) in [5, 5.41) is 2.77. The number of amides is 1. The number of carbonyl (C=O) groups is 1. The zero-order valence-electron chi connectivity index (χ0n) is 9.42. The van der Waals surface area contributed by atoms with Crippen molar-refractivity contribution in [3.05, 3.63) is 29.3 Å². The van der Waals surface area contributed by atoms with Crippen molar-refractivity contribution in [2.45, 2.75) is 6.54 Å². The zero-order chi connectivity index (χ0) is 13.5. The van der Waals surface area contributed by atoms with E-state index in [4.69, 9.17) is 12.2 Å². The van der Waals surface area contributed by atoms with Crippen LogP contribution in [0.2, 0.25) is 0 Å². The van der Waals surface area contributed by atoms with Crippen LogP contribution < -0.4 is 20.9 Å². The van der Waals surface area contributed by atoms with Crippen molar-refractivity contribution in [1.29, 1.82) is 0 Å². The lowest BCUT2D eigenvalue weighted by atomic mass is 10.2. The maximum Gasteiger partial charge on any atom is 0.225 e. The molecule has 0 atom stereocenters. The molecule has 1 rings (SSSR count). The molecule has 0 aliphatic carbocycles. The van der Waals surface area contributed by atoms with Gasteiger partial charge in [0.2, 0.25) is 6.41 Å². The molecule has 0 aliphatic rings. The Morgan fingerprint density at radius 1 is 1.44 bits per heavy atom. The van der Waals surface area contributed by atoms with Gasteiger partial charge < -0.3 is 10.1 Å². The average Bonchev–Trinajstić information content (AvgIpc) is 2.33. The van der Waals surface area contributed by atoms with Gasteiger partial charge in [0, 0.05) is 6.54 Å². The molecule has 5 nitrogen and oxygen atoms in total. The first-order valence-corrected chi connectivity index (χ1v) is 5.24. The highest BCUT2D eigenvalue weighted by atomic mass is 32.1. The summed E-state index contributed by atoms with van der Waals surface area (Å²) in [5.74, 6) is -2.01. The van der Waals surface area contributed by atoms with Gasteiger partial charge >= 0.3 is 0 Å². The van der Waals surface area contributed by atoms with Crippen molar-refractivity contribution in [3.8, 4) is 5.75 Å². The number of hydrazine groups is 1. The second-order valence-corrected chi connectivity index (χ2v) is 3.57. The molecule has 8 heteroatoms. The largest absolute Gasteiger partial charge is 0.491 e. The molecule has 0 fully saturated rings. The van der Waals surface area contributed by atoms with Crippen molar-refractivity contribution in [2.75, 3.05) is 7.11 Å². The highest BCUT2D eigenvalue weighted by molar-refractivity contribution is 7.80. The summed E-state index contributed by atoms with van der Waals surface area (Å²) in [6.07, 6.45) is 0.403. The van der Waals surface area contributed by atoms with Crippen LogP contribution in [0.4, 0.5) is 8.78 Å². The fraction of sp³-hybridized carbons (Fsp3) is 0.200. The summed E-state index contributed by atoms with van der Waals surface area (Å²) in [6.45, 7) is 0.101. The lowest BCUT2D eigenvalue weighted by Gasteiger charge is -2.10. The molecule has 0 bridgehead atoms. The van der Waals surface area contributed by atoms with Crippen LogP contribution in [0.5, 0.6) is 5.75 Å². The van der Waals surface area contributed by atoms with Gasteiger partial charge in [0.25, 0.3) is 0 Å². The molecule has 0 aromatic heterocycles. The number of methoxy groups -OCH3 is 1. The maximum absolute atomic E-state index is 13.3. The van der Waals surface area contributed by atoms with E-state index in [1.807, 2.05) is 0 Å². The predicted molar refractivity (Wildman–Crippen MR) is 64.7 cm³/mol. The Morgan fingerprint density at radius 2 is 2.06 bits per heavy atom. The Morgan fingerprint density at radius 3 is 2.56 bits per heavy atom. The van der Waals surface area contributed by atoms with E-state index in [1.54, 1.807) is 0 Å². The molecule has 1 aromatic rings. The van der Waals surface area contributed by atoms with Crippen molar-refractivity contribution >= 4 is 23.7 Å². The topological polar surface area (TPSA) is 62.4 Å². The fourth-order valence-corrected chi connectivity index (χ4v) is 1.36.